The zero-order valence-corrected chi connectivity index (χ0v) is 16.3. The van der Waals surface area contributed by atoms with Crippen molar-refractivity contribution < 1.29 is 9.59 Å². The average Bonchev–Trinajstić information content (AvgIpc) is 2.71. The second kappa shape index (κ2) is 8.48. The predicted octanol–water partition coefficient (Wildman–Crippen LogP) is 4.22. The monoisotopic (exact) mass is 373 g/mol. The van der Waals surface area contributed by atoms with Gasteiger partial charge in [-0.05, 0) is 42.7 Å². The van der Waals surface area contributed by atoms with Gasteiger partial charge in [0.05, 0.1) is 11.1 Å². The van der Waals surface area contributed by atoms with Crippen LogP contribution in [0.15, 0.2) is 67.0 Å². The van der Waals surface area contributed by atoms with Crippen LogP contribution in [0, 0.1) is 13.8 Å². The first-order valence-corrected chi connectivity index (χ1v) is 9.07. The molecule has 0 aliphatic carbocycles. The van der Waals surface area contributed by atoms with E-state index >= 15 is 0 Å². The number of anilines is 1. The van der Waals surface area contributed by atoms with Crippen LogP contribution >= 0.6 is 0 Å². The van der Waals surface area contributed by atoms with E-state index in [2.05, 4.69) is 10.3 Å². The molecule has 0 saturated heterocycles. The number of carbonyl (C=O) groups is 2. The van der Waals surface area contributed by atoms with Crippen LogP contribution in [0.1, 0.15) is 37.4 Å². The summed E-state index contributed by atoms with van der Waals surface area (Å²) in [5, 5.41) is 2.90. The zero-order chi connectivity index (χ0) is 20.1. The van der Waals surface area contributed by atoms with Crippen LogP contribution in [-0.2, 0) is 6.54 Å². The molecule has 0 saturated carbocycles. The van der Waals surface area contributed by atoms with Crippen molar-refractivity contribution in [2.45, 2.75) is 20.4 Å². The SMILES string of the molecule is Cc1ccc(C)c(NC(=O)c2cncc(C(=O)N(C)Cc3ccccc3)c2)c1. The third kappa shape index (κ3) is 4.62. The summed E-state index contributed by atoms with van der Waals surface area (Å²) in [4.78, 5) is 31.1. The Hall–Kier alpha value is -3.47. The molecule has 0 fully saturated rings. The molecule has 1 N–H and O–H groups in total. The first-order chi connectivity index (χ1) is 13.4. The van der Waals surface area contributed by atoms with Crippen molar-refractivity contribution in [1.82, 2.24) is 9.88 Å². The molecule has 0 spiro atoms. The van der Waals surface area contributed by atoms with Gasteiger partial charge in [-0.2, -0.15) is 0 Å². The maximum absolute atomic E-state index is 12.7. The highest BCUT2D eigenvalue weighted by atomic mass is 16.2. The molecule has 142 valence electrons. The van der Waals surface area contributed by atoms with Gasteiger partial charge >= 0.3 is 0 Å². The van der Waals surface area contributed by atoms with Gasteiger partial charge in [0.15, 0.2) is 0 Å². The summed E-state index contributed by atoms with van der Waals surface area (Å²) in [6, 6.07) is 17.2. The Balaban J connectivity index is 1.74. The van der Waals surface area contributed by atoms with E-state index in [1.54, 1.807) is 18.0 Å². The number of hydrogen-bond donors (Lipinski definition) is 1. The molecule has 28 heavy (non-hydrogen) atoms. The van der Waals surface area contributed by atoms with Crippen molar-refractivity contribution >= 4 is 17.5 Å². The molecule has 2 amide bonds. The average molecular weight is 373 g/mol. The van der Waals surface area contributed by atoms with Crippen molar-refractivity contribution in [2.75, 3.05) is 12.4 Å². The van der Waals surface area contributed by atoms with E-state index in [-0.39, 0.29) is 11.8 Å². The molecule has 1 aromatic heterocycles. The summed E-state index contributed by atoms with van der Waals surface area (Å²) in [5.41, 5.74) is 4.55. The first kappa shape index (κ1) is 19.3. The Morgan fingerprint density at radius 1 is 0.964 bits per heavy atom. The number of hydrogen-bond acceptors (Lipinski definition) is 3. The molecule has 0 unspecified atom stereocenters. The molecule has 3 aromatic rings. The van der Waals surface area contributed by atoms with Gasteiger partial charge in [-0.15, -0.1) is 0 Å². The molecule has 2 aromatic carbocycles. The highest BCUT2D eigenvalue weighted by Crippen LogP contribution is 2.18. The quantitative estimate of drug-likeness (QED) is 0.728. The fourth-order valence-corrected chi connectivity index (χ4v) is 2.90. The minimum Gasteiger partial charge on any atom is -0.337 e. The summed E-state index contributed by atoms with van der Waals surface area (Å²) in [6.45, 7) is 4.39. The summed E-state index contributed by atoms with van der Waals surface area (Å²) in [7, 11) is 1.73. The number of nitrogens with one attached hydrogen (secondary N) is 1. The minimum atomic E-state index is -0.290. The number of amides is 2. The topological polar surface area (TPSA) is 62.3 Å². The molecule has 1 heterocycles. The molecule has 0 radical (unpaired) electrons. The molecule has 5 heteroatoms. The van der Waals surface area contributed by atoms with Crippen molar-refractivity contribution in [1.29, 1.82) is 0 Å². The predicted molar refractivity (Wildman–Crippen MR) is 110 cm³/mol. The molecular formula is C23H23N3O2. The minimum absolute atomic E-state index is 0.183. The number of benzene rings is 2. The number of carbonyl (C=O) groups excluding carboxylic acids is 2. The van der Waals surface area contributed by atoms with Gasteiger partial charge in [0.25, 0.3) is 11.8 Å². The van der Waals surface area contributed by atoms with Crippen LogP contribution in [0.4, 0.5) is 5.69 Å². The van der Waals surface area contributed by atoms with E-state index < -0.39 is 0 Å². The number of nitrogens with zero attached hydrogens (tertiary/aromatic N) is 2. The Labute approximate surface area is 165 Å². The molecular weight excluding hydrogens is 350 g/mol. The van der Waals surface area contributed by atoms with E-state index in [0.29, 0.717) is 17.7 Å². The van der Waals surface area contributed by atoms with Crippen LogP contribution in [0.5, 0.6) is 0 Å². The lowest BCUT2D eigenvalue weighted by Crippen LogP contribution is -2.26. The Kier molecular flexibility index (Phi) is 5.84. The maximum Gasteiger partial charge on any atom is 0.257 e. The molecule has 0 aliphatic heterocycles. The smallest absolute Gasteiger partial charge is 0.257 e. The molecule has 5 nitrogen and oxygen atoms in total. The fraction of sp³-hybridized carbons (Fsp3) is 0.174. The van der Waals surface area contributed by atoms with Gasteiger partial charge in [-0.3, -0.25) is 14.6 Å². The standard InChI is InChI=1S/C23H23N3O2/c1-16-9-10-17(2)21(11-16)25-22(27)19-12-20(14-24-13-19)23(28)26(3)15-18-7-5-4-6-8-18/h4-14H,15H2,1-3H3,(H,25,27). The van der Waals surface area contributed by atoms with Crippen LogP contribution in [0.2, 0.25) is 0 Å². The summed E-state index contributed by atoms with van der Waals surface area (Å²) in [6.07, 6.45) is 2.95. The van der Waals surface area contributed by atoms with Crippen LogP contribution in [0.3, 0.4) is 0 Å². The van der Waals surface area contributed by atoms with Gasteiger partial charge in [0, 0.05) is 31.7 Å². The van der Waals surface area contributed by atoms with Gasteiger partial charge in [-0.1, -0.05) is 42.5 Å². The summed E-state index contributed by atoms with van der Waals surface area (Å²) < 4.78 is 0. The second-order valence-electron chi connectivity index (χ2n) is 6.88. The lowest BCUT2D eigenvalue weighted by atomic mass is 10.1. The van der Waals surface area contributed by atoms with E-state index in [9.17, 15) is 9.59 Å². The third-order valence-corrected chi connectivity index (χ3v) is 4.50. The van der Waals surface area contributed by atoms with Crippen LogP contribution in [0.25, 0.3) is 0 Å². The Bertz CT molecular complexity index is 1000. The first-order valence-electron chi connectivity index (χ1n) is 9.07. The van der Waals surface area contributed by atoms with Crippen molar-refractivity contribution in [3.05, 3.63) is 94.8 Å². The molecule has 0 atom stereocenters. The van der Waals surface area contributed by atoms with Crippen molar-refractivity contribution in [3.8, 4) is 0 Å². The second-order valence-corrected chi connectivity index (χ2v) is 6.88. The zero-order valence-electron chi connectivity index (χ0n) is 16.3. The van der Waals surface area contributed by atoms with Crippen molar-refractivity contribution in [2.24, 2.45) is 0 Å². The van der Waals surface area contributed by atoms with E-state index in [1.807, 2.05) is 62.4 Å². The summed E-state index contributed by atoms with van der Waals surface area (Å²) >= 11 is 0. The Morgan fingerprint density at radius 3 is 2.43 bits per heavy atom. The van der Waals surface area contributed by atoms with Crippen LogP contribution in [-0.4, -0.2) is 28.7 Å². The normalized spacial score (nSPS) is 10.4. The lowest BCUT2D eigenvalue weighted by Gasteiger charge is -2.17. The highest BCUT2D eigenvalue weighted by Gasteiger charge is 2.16. The summed E-state index contributed by atoms with van der Waals surface area (Å²) in [5.74, 6) is -0.473. The van der Waals surface area contributed by atoms with Gasteiger partial charge in [-0.25, -0.2) is 0 Å². The largest absolute Gasteiger partial charge is 0.337 e. The van der Waals surface area contributed by atoms with E-state index in [4.69, 9.17) is 0 Å². The highest BCUT2D eigenvalue weighted by molar-refractivity contribution is 6.06. The van der Waals surface area contributed by atoms with Gasteiger partial charge in [0.2, 0.25) is 0 Å². The van der Waals surface area contributed by atoms with Crippen molar-refractivity contribution in [3.63, 3.8) is 0 Å². The third-order valence-electron chi connectivity index (χ3n) is 4.50. The molecule has 3 rings (SSSR count). The van der Waals surface area contributed by atoms with Gasteiger partial charge in [0.1, 0.15) is 0 Å². The number of aryl methyl sites for hydroxylation is 2. The fourth-order valence-electron chi connectivity index (χ4n) is 2.90. The van der Waals surface area contributed by atoms with E-state index in [0.717, 1.165) is 22.4 Å². The lowest BCUT2D eigenvalue weighted by molar-refractivity contribution is 0.0784. The van der Waals surface area contributed by atoms with Gasteiger partial charge < -0.3 is 10.2 Å². The maximum atomic E-state index is 12.7. The molecule has 0 aliphatic rings. The van der Waals surface area contributed by atoms with Crippen LogP contribution < -0.4 is 5.32 Å². The molecule has 0 bridgehead atoms. The number of rotatable bonds is 5. The van der Waals surface area contributed by atoms with E-state index in [1.165, 1.54) is 12.4 Å². The Morgan fingerprint density at radius 2 is 1.68 bits per heavy atom. The number of aromatic nitrogens is 1. The number of pyridine rings is 1.